The fourth-order valence-electron chi connectivity index (χ4n) is 2.02. The van der Waals surface area contributed by atoms with E-state index in [1.165, 1.54) is 26.0 Å². The lowest BCUT2D eigenvalue weighted by atomic mass is 10.1. The van der Waals surface area contributed by atoms with Crippen LogP contribution >= 0.6 is 11.8 Å². The van der Waals surface area contributed by atoms with Crippen molar-refractivity contribution in [2.24, 2.45) is 0 Å². The normalized spacial score (nSPS) is 10.1. The molecular formula is C17H18O4S. The maximum absolute atomic E-state index is 12.6. The molecule has 0 spiro atoms. The van der Waals surface area contributed by atoms with Crippen molar-refractivity contribution in [1.82, 2.24) is 0 Å². The number of carbonyl (C=O) groups excluding carboxylic acids is 1. The maximum atomic E-state index is 12.6. The highest BCUT2D eigenvalue weighted by atomic mass is 32.2. The van der Waals surface area contributed by atoms with Crippen LogP contribution in [0.5, 0.6) is 17.2 Å². The van der Waals surface area contributed by atoms with Gasteiger partial charge in [0.2, 0.25) is 0 Å². The number of benzene rings is 2. The van der Waals surface area contributed by atoms with Crippen molar-refractivity contribution in [2.45, 2.75) is 4.90 Å². The van der Waals surface area contributed by atoms with Crippen molar-refractivity contribution in [1.29, 1.82) is 0 Å². The third kappa shape index (κ3) is 3.74. The van der Waals surface area contributed by atoms with Gasteiger partial charge in [-0.2, -0.15) is 0 Å². The third-order valence-electron chi connectivity index (χ3n) is 3.11. The zero-order valence-corrected chi connectivity index (χ0v) is 13.6. The van der Waals surface area contributed by atoms with Gasteiger partial charge in [-0.3, -0.25) is 4.79 Å². The molecule has 0 heterocycles. The van der Waals surface area contributed by atoms with Crippen molar-refractivity contribution in [2.75, 3.05) is 27.1 Å². The topological polar surface area (TPSA) is 44.8 Å². The molecule has 4 nitrogen and oxygen atoms in total. The highest BCUT2D eigenvalue weighted by Crippen LogP contribution is 2.35. The van der Waals surface area contributed by atoms with E-state index in [2.05, 4.69) is 0 Å². The Morgan fingerprint density at radius 1 is 0.955 bits per heavy atom. The molecular weight excluding hydrogens is 300 g/mol. The lowest BCUT2D eigenvalue weighted by Gasteiger charge is -2.14. The van der Waals surface area contributed by atoms with E-state index in [0.717, 1.165) is 4.90 Å². The molecule has 116 valence electrons. The SMILES string of the molecule is COc1cc(OC)c(C(=O)CSc2ccccc2)c(OC)c1. The number of methoxy groups -OCH3 is 3. The molecule has 2 aromatic carbocycles. The first-order valence-corrected chi connectivity index (χ1v) is 7.69. The van der Waals surface area contributed by atoms with Crippen LogP contribution in [0.2, 0.25) is 0 Å². The molecule has 0 aromatic heterocycles. The van der Waals surface area contributed by atoms with E-state index in [9.17, 15) is 4.79 Å². The Morgan fingerprint density at radius 3 is 2.05 bits per heavy atom. The number of rotatable bonds is 7. The van der Waals surface area contributed by atoms with Crippen molar-refractivity contribution in [3.63, 3.8) is 0 Å². The molecule has 0 unspecified atom stereocenters. The summed E-state index contributed by atoms with van der Waals surface area (Å²) in [5, 5.41) is 0. The van der Waals surface area contributed by atoms with Gasteiger partial charge in [0.25, 0.3) is 0 Å². The van der Waals surface area contributed by atoms with Crippen molar-refractivity contribution in [3.8, 4) is 17.2 Å². The summed E-state index contributed by atoms with van der Waals surface area (Å²) in [6, 6.07) is 13.1. The molecule has 0 radical (unpaired) electrons. The van der Waals surface area contributed by atoms with E-state index in [1.54, 1.807) is 19.2 Å². The molecule has 0 amide bonds. The number of hydrogen-bond donors (Lipinski definition) is 0. The molecule has 0 N–H and O–H groups in total. The summed E-state index contributed by atoms with van der Waals surface area (Å²) < 4.78 is 15.8. The van der Waals surface area contributed by atoms with Gasteiger partial charge in [-0.25, -0.2) is 0 Å². The molecule has 22 heavy (non-hydrogen) atoms. The number of thioether (sulfide) groups is 1. The molecule has 5 heteroatoms. The van der Waals surface area contributed by atoms with Gasteiger partial charge in [-0.05, 0) is 12.1 Å². The van der Waals surface area contributed by atoms with E-state index in [-0.39, 0.29) is 5.78 Å². The second kappa shape index (κ2) is 7.75. The fourth-order valence-corrected chi connectivity index (χ4v) is 2.81. The lowest BCUT2D eigenvalue weighted by molar-refractivity contribution is 0.101. The zero-order chi connectivity index (χ0) is 15.9. The minimum atomic E-state index is -0.0507. The van der Waals surface area contributed by atoms with Crippen LogP contribution in [0.4, 0.5) is 0 Å². The number of carbonyl (C=O) groups is 1. The van der Waals surface area contributed by atoms with E-state index in [0.29, 0.717) is 28.6 Å². The molecule has 2 rings (SSSR count). The lowest BCUT2D eigenvalue weighted by Crippen LogP contribution is -2.08. The third-order valence-corrected chi connectivity index (χ3v) is 4.12. The monoisotopic (exact) mass is 318 g/mol. The Labute approximate surface area is 134 Å². The highest BCUT2D eigenvalue weighted by Gasteiger charge is 2.20. The van der Waals surface area contributed by atoms with Crippen LogP contribution in [0.1, 0.15) is 10.4 Å². The summed E-state index contributed by atoms with van der Waals surface area (Å²) >= 11 is 1.48. The van der Waals surface area contributed by atoms with Crippen molar-refractivity contribution < 1.29 is 19.0 Å². The first-order chi connectivity index (χ1) is 10.7. The molecule has 2 aromatic rings. The Kier molecular flexibility index (Phi) is 5.72. The Balaban J connectivity index is 2.24. The average molecular weight is 318 g/mol. The predicted octanol–water partition coefficient (Wildman–Crippen LogP) is 3.69. The first-order valence-electron chi connectivity index (χ1n) is 6.70. The summed E-state index contributed by atoms with van der Waals surface area (Å²) in [5.41, 5.74) is 0.439. The highest BCUT2D eigenvalue weighted by molar-refractivity contribution is 8.00. The standard InChI is InChI=1S/C17H18O4S/c1-19-12-9-15(20-2)17(16(10-12)21-3)14(18)11-22-13-7-5-4-6-8-13/h4-10H,11H2,1-3H3. The number of ketones is 1. The number of ether oxygens (including phenoxy) is 3. The van der Waals surface area contributed by atoms with Gasteiger partial charge in [0.1, 0.15) is 22.8 Å². The summed E-state index contributed by atoms with van der Waals surface area (Å²) in [4.78, 5) is 13.6. The van der Waals surface area contributed by atoms with Crippen LogP contribution in [-0.2, 0) is 0 Å². The molecule has 0 saturated heterocycles. The summed E-state index contributed by atoms with van der Waals surface area (Å²) in [6.07, 6.45) is 0. The van der Waals surface area contributed by atoms with E-state index < -0.39 is 0 Å². The minimum Gasteiger partial charge on any atom is -0.496 e. The van der Waals surface area contributed by atoms with Gasteiger partial charge in [0, 0.05) is 17.0 Å². The van der Waals surface area contributed by atoms with Gasteiger partial charge in [0.05, 0.1) is 27.1 Å². The number of Topliss-reactive ketones (excluding diaryl/α,β-unsaturated/α-hetero) is 1. The molecule has 0 aliphatic rings. The second-order valence-corrected chi connectivity index (χ2v) is 5.48. The maximum Gasteiger partial charge on any atom is 0.180 e. The molecule has 0 saturated carbocycles. The van der Waals surface area contributed by atoms with Crippen molar-refractivity contribution >= 4 is 17.5 Å². The molecule has 0 aliphatic carbocycles. The van der Waals surface area contributed by atoms with Crippen LogP contribution < -0.4 is 14.2 Å². The van der Waals surface area contributed by atoms with Crippen LogP contribution in [0.15, 0.2) is 47.4 Å². The van der Waals surface area contributed by atoms with Crippen LogP contribution in [0.25, 0.3) is 0 Å². The second-order valence-electron chi connectivity index (χ2n) is 4.43. The van der Waals surface area contributed by atoms with Gasteiger partial charge in [0.15, 0.2) is 5.78 Å². The zero-order valence-electron chi connectivity index (χ0n) is 12.8. The summed E-state index contributed by atoms with van der Waals surface area (Å²) in [7, 11) is 4.60. The van der Waals surface area contributed by atoms with Gasteiger partial charge in [-0.15, -0.1) is 11.8 Å². The van der Waals surface area contributed by atoms with E-state index >= 15 is 0 Å². The first kappa shape index (κ1) is 16.2. The van der Waals surface area contributed by atoms with Crippen molar-refractivity contribution in [3.05, 3.63) is 48.0 Å². The Bertz CT molecular complexity index is 615. The molecule has 0 atom stereocenters. The van der Waals surface area contributed by atoms with Crippen LogP contribution in [0.3, 0.4) is 0 Å². The smallest absolute Gasteiger partial charge is 0.180 e. The quantitative estimate of drug-likeness (QED) is 0.575. The van der Waals surface area contributed by atoms with Crippen LogP contribution in [-0.4, -0.2) is 32.9 Å². The fraction of sp³-hybridized carbons (Fsp3) is 0.235. The Hall–Kier alpha value is -2.14. The Morgan fingerprint density at radius 2 is 1.55 bits per heavy atom. The van der Waals surface area contributed by atoms with E-state index in [4.69, 9.17) is 14.2 Å². The van der Waals surface area contributed by atoms with E-state index in [1.807, 2.05) is 30.3 Å². The molecule has 0 bridgehead atoms. The van der Waals surface area contributed by atoms with Gasteiger partial charge in [-0.1, -0.05) is 18.2 Å². The molecule has 0 fully saturated rings. The predicted molar refractivity (Wildman–Crippen MR) is 87.6 cm³/mol. The summed E-state index contributed by atoms with van der Waals surface area (Å²) in [6.45, 7) is 0. The largest absolute Gasteiger partial charge is 0.496 e. The average Bonchev–Trinajstić information content (AvgIpc) is 2.59. The summed E-state index contributed by atoms with van der Waals surface area (Å²) in [5.74, 6) is 1.75. The van der Waals surface area contributed by atoms with Gasteiger partial charge >= 0.3 is 0 Å². The number of hydrogen-bond acceptors (Lipinski definition) is 5. The van der Waals surface area contributed by atoms with Gasteiger partial charge < -0.3 is 14.2 Å². The van der Waals surface area contributed by atoms with Crippen LogP contribution in [0, 0.1) is 0 Å². The minimum absolute atomic E-state index is 0.0507. The molecule has 0 aliphatic heterocycles.